The quantitative estimate of drug-likeness (QED) is 0.465. The van der Waals surface area contributed by atoms with Gasteiger partial charge >= 0.3 is 0 Å². The van der Waals surface area contributed by atoms with Gasteiger partial charge in [0.05, 0.1) is 31.4 Å². The molecule has 0 aromatic heterocycles. The molecule has 3 aromatic rings. The third-order valence-corrected chi connectivity index (χ3v) is 6.53. The summed E-state index contributed by atoms with van der Waals surface area (Å²) in [5.74, 6) is 0.509. The van der Waals surface area contributed by atoms with Crippen molar-refractivity contribution >= 4 is 33.2 Å². The van der Waals surface area contributed by atoms with Gasteiger partial charge in [0.1, 0.15) is 5.75 Å². The SMILES string of the molecule is CCOc1ccc(N(C(=O)c2ccc(OC)c(OC)c2)S(=O)(=O)c2ccc(Cl)cc2)cc1. The zero-order chi connectivity index (χ0) is 23.3. The second-order valence-corrected chi connectivity index (χ2v) is 8.75. The van der Waals surface area contributed by atoms with Gasteiger partial charge in [0.25, 0.3) is 15.9 Å². The Morgan fingerprint density at radius 2 is 1.53 bits per heavy atom. The maximum atomic E-state index is 13.5. The molecule has 0 radical (unpaired) electrons. The maximum absolute atomic E-state index is 13.5. The molecular formula is C23H22ClNO6S. The third kappa shape index (κ3) is 4.81. The lowest BCUT2D eigenvalue weighted by Crippen LogP contribution is -2.37. The van der Waals surface area contributed by atoms with Crippen molar-refractivity contribution in [1.82, 2.24) is 0 Å². The average Bonchev–Trinajstić information content (AvgIpc) is 2.80. The number of benzene rings is 3. The fourth-order valence-corrected chi connectivity index (χ4v) is 4.55. The number of amides is 1. The van der Waals surface area contributed by atoms with E-state index in [1.807, 2.05) is 6.92 Å². The van der Waals surface area contributed by atoms with E-state index in [1.54, 1.807) is 12.1 Å². The van der Waals surface area contributed by atoms with Crippen molar-refractivity contribution in [3.05, 3.63) is 77.3 Å². The van der Waals surface area contributed by atoms with E-state index < -0.39 is 15.9 Å². The largest absolute Gasteiger partial charge is 0.494 e. The number of methoxy groups -OCH3 is 2. The highest BCUT2D eigenvalue weighted by Crippen LogP contribution is 2.32. The van der Waals surface area contributed by atoms with Crippen LogP contribution in [0.4, 0.5) is 5.69 Å². The first-order valence-corrected chi connectivity index (χ1v) is 11.4. The number of ether oxygens (including phenoxy) is 3. The maximum Gasteiger partial charge on any atom is 0.272 e. The van der Waals surface area contributed by atoms with E-state index in [4.69, 9.17) is 25.8 Å². The van der Waals surface area contributed by atoms with Crippen LogP contribution in [0.2, 0.25) is 5.02 Å². The molecule has 0 aliphatic heterocycles. The molecule has 0 spiro atoms. The molecule has 0 atom stereocenters. The number of rotatable bonds is 8. The van der Waals surface area contributed by atoms with Crippen LogP contribution in [0.15, 0.2) is 71.6 Å². The van der Waals surface area contributed by atoms with Gasteiger partial charge in [0.15, 0.2) is 11.5 Å². The fraction of sp³-hybridized carbons (Fsp3) is 0.174. The Balaban J connectivity index is 2.13. The average molecular weight is 476 g/mol. The number of hydrogen-bond acceptors (Lipinski definition) is 6. The molecule has 168 valence electrons. The van der Waals surface area contributed by atoms with Gasteiger partial charge in [-0.3, -0.25) is 4.79 Å². The smallest absolute Gasteiger partial charge is 0.272 e. The van der Waals surface area contributed by atoms with E-state index in [0.29, 0.717) is 28.9 Å². The van der Waals surface area contributed by atoms with Crippen LogP contribution in [-0.4, -0.2) is 35.2 Å². The molecule has 3 rings (SSSR count). The number of nitrogens with zero attached hydrogens (tertiary/aromatic N) is 1. The summed E-state index contributed by atoms with van der Waals surface area (Å²) in [5.41, 5.74) is 0.261. The first-order valence-electron chi connectivity index (χ1n) is 9.62. The molecule has 0 saturated heterocycles. The van der Waals surface area contributed by atoms with Crippen LogP contribution in [0.1, 0.15) is 17.3 Å². The number of carbonyl (C=O) groups excluding carboxylic acids is 1. The number of anilines is 1. The van der Waals surface area contributed by atoms with Crippen LogP contribution < -0.4 is 18.5 Å². The van der Waals surface area contributed by atoms with Crippen molar-refractivity contribution in [2.24, 2.45) is 0 Å². The van der Waals surface area contributed by atoms with E-state index in [2.05, 4.69) is 0 Å². The fourth-order valence-electron chi connectivity index (χ4n) is 3.01. The third-order valence-electron chi connectivity index (χ3n) is 4.55. The van der Waals surface area contributed by atoms with Crippen molar-refractivity contribution < 1.29 is 27.4 Å². The summed E-state index contributed by atoms with van der Waals surface area (Å²) in [5, 5.41) is 0.378. The summed E-state index contributed by atoms with van der Waals surface area (Å²) in [6.45, 7) is 2.29. The summed E-state index contributed by atoms with van der Waals surface area (Å²) in [6.07, 6.45) is 0. The summed E-state index contributed by atoms with van der Waals surface area (Å²) < 4.78 is 43.7. The van der Waals surface area contributed by atoms with E-state index in [-0.39, 0.29) is 16.1 Å². The van der Waals surface area contributed by atoms with Crippen molar-refractivity contribution in [3.8, 4) is 17.2 Å². The minimum Gasteiger partial charge on any atom is -0.494 e. The van der Waals surface area contributed by atoms with Crippen LogP contribution in [0, 0.1) is 0 Å². The number of hydrogen-bond donors (Lipinski definition) is 0. The van der Waals surface area contributed by atoms with Gasteiger partial charge in [-0.25, -0.2) is 8.42 Å². The molecule has 0 unspecified atom stereocenters. The Bertz CT molecular complexity index is 1190. The van der Waals surface area contributed by atoms with E-state index in [0.717, 1.165) is 4.31 Å². The summed E-state index contributed by atoms with van der Waals surface area (Å²) >= 11 is 5.91. The molecule has 0 bridgehead atoms. The van der Waals surface area contributed by atoms with Gasteiger partial charge in [0.2, 0.25) is 0 Å². The second-order valence-electron chi connectivity index (χ2n) is 6.53. The normalized spacial score (nSPS) is 11.0. The molecule has 0 aliphatic carbocycles. The van der Waals surface area contributed by atoms with Gasteiger partial charge in [-0.1, -0.05) is 11.6 Å². The lowest BCUT2D eigenvalue weighted by Gasteiger charge is -2.23. The van der Waals surface area contributed by atoms with Crippen LogP contribution in [0.25, 0.3) is 0 Å². The standard InChI is InChI=1S/C23H22ClNO6S/c1-4-31-19-10-8-18(9-11-19)25(32(27,28)20-12-6-17(24)7-13-20)23(26)16-5-14-21(29-2)22(15-16)30-3/h5-15H,4H2,1-3H3. The first-order chi connectivity index (χ1) is 15.3. The molecule has 0 aliphatic rings. The van der Waals surface area contributed by atoms with Gasteiger partial charge < -0.3 is 14.2 Å². The molecule has 0 fully saturated rings. The zero-order valence-electron chi connectivity index (χ0n) is 17.7. The highest BCUT2D eigenvalue weighted by atomic mass is 35.5. The zero-order valence-corrected chi connectivity index (χ0v) is 19.3. The summed E-state index contributed by atoms with van der Waals surface area (Å²) in [6, 6.07) is 16.3. The summed E-state index contributed by atoms with van der Waals surface area (Å²) in [7, 11) is -1.37. The summed E-state index contributed by atoms with van der Waals surface area (Å²) in [4.78, 5) is 13.4. The van der Waals surface area contributed by atoms with Crippen LogP contribution in [0.5, 0.6) is 17.2 Å². The van der Waals surface area contributed by atoms with Gasteiger partial charge in [-0.05, 0) is 73.7 Å². The molecular weight excluding hydrogens is 454 g/mol. The van der Waals surface area contributed by atoms with Gasteiger partial charge in [-0.2, -0.15) is 4.31 Å². The molecule has 32 heavy (non-hydrogen) atoms. The van der Waals surface area contributed by atoms with Gasteiger partial charge in [0, 0.05) is 10.6 Å². The number of carbonyl (C=O) groups is 1. The van der Waals surface area contributed by atoms with Crippen molar-refractivity contribution in [2.75, 3.05) is 25.1 Å². The minimum absolute atomic E-state index is 0.0791. The Labute approximate surface area is 192 Å². The predicted octanol–water partition coefficient (Wildman–Crippen LogP) is 4.79. The van der Waals surface area contributed by atoms with E-state index >= 15 is 0 Å². The van der Waals surface area contributed by atoms with Crippen LogP contribution >= 0.6 is 11.6 Å². The molecule has 1 amide bonds. The highest BCUT2D eigenvalue weighted by molar-refractivity contribution is 7.93. The molecule has 0 saturated carbocycles. The van der Waals surface area contributed by atoms with Crippen molar-refractivity contribution in [3.63, 3.8) is 0 Å². The van der Waals surface area contributed by atoms with E-state index in [1.165, 1.54) is 68.8 Å². The van der Waals surface area contributed by atoms with Crippen LogP contribution in [0.3, 0.4) is 0 Å². The number of halogens is 1. The van der Waals surface area contributed by atoms with Crippen molar-refractivity contribution in [2.45, 2.75) is 11.8 Å². The Kier molecular flexibility index (Phi) is 7.27. The molecule has 9 heteroatoms. The monoisotopic (exact) mass is 475 g/mol. The van der Waals surface area contributed by atoms with E-state index in [9.17, 15) is 13.2 Å². The Hall–Kier alpha value is -3.23. The Morgan fingerprint density at radius 1 is 0.906 bits per heavy atom. The molecule has 7 nitrogen and oxygen atoms in total. The molecule has 0 heterocycles. The highest BCUT2D eigenvalue weighted by Gasteiger charge is 2.32. The number of sulfonamides is 1. The minimum atomic E-state index is -4.27. The van der Waals surface area contributed by atoms with Crippen molar-refractivity contribution in [1.29, 1.82) is 0 Å². The lowest BCUT2D eigenvalue weighted by molar-refractivity contribution is 0.100. The molecule has 0 N–H and O–H groups in total. The Morgan fingerprint density at radius 3 is 2.09 bits per heavy atom. The van der Waals surface area contributed by atoms with Crippen LogP contribution in [-0.2, 0) is 10.0 Å². The topological polar surface area (TPSA) is 82.1 Å². The lowest BCUT2D eigenvalue weighted by atomic mass is 10.2. The van der Waals surface area contributed by atoms with Gasteiger partial charge in [-0.15, -0.1) is 0 Å². The molecule has 3 aromatic carbocycles. The predicted molar refractivity (Wildman–Crippen MR) is 123 cm³/mol. The second kappa shape index (κ2) is 9.93. The first kappa shape index (κ1) is 23.4.